The van der Waals surface area contributed by atoms with Gasteiger partial charge < -0.3 is 15.1 Å². The van der Waals surface area contributed by atoms with Gasteiger partial charge in [-0.05, 0) is 0 Å². The number of nitrogens with two attached hydrogens (primary N) is 1. The Morgan fingerprint density at radius 2 is 2.37 bits per heavy atom. The standard InChI is InChI=1S/C12H18N6O/c1-8(2)12-15-10(17-14)5-11(16-12)18-3-4-19-9(6-13)7-18/h5,8-9H,3-4,7,14H2,1-2H3,(H,15,16,17). The van der Waals surface area contributed by atoms with Crippen molar-refractivity contribution in [1.29, 1.82) is 5.26 Å². The molecule has 1 aliphatic rings. The summed E-state index contributed by atoms with van der Waals surface area (Å²) in [6.45, 7) is 5.78. The van der Waals surface area contributed by atoms with Gasteiger partial charge in [0.15, 0.2) is 6.10 Å². The lowest BCUT2D eigenvalue weighted by molar-refractivity contribution is 0.0761. The highest BCUT2D eigenvalue weighted by Gasteiger charge is 2.22. The molecule has 0 amide bonds. The molecule has 1 unspecified atom stereocenters. The van der Waals surface area contributed by atoms with Crippen LogP contribution < -0.4 is 16.2 Å². The molecule has 1 aliphatic heterocycles. The summed E-state index contributed by atoms with van der Waals surface area (Å²) in [6.07, 6.45) is -0.416. The zero-order valence-electron chi connectivity index (χ0n) is 11.1. The Labute approximate surface area is 112 Å². The molecule has 1 atom stereocenters. The molecule has 0 aromatic carbocycles. The summed E-state index contributed by atoms with van der Waals surface area (Å²) in [6, 6.07) is 3.91. The van der Waals surface area contributed by atoms with Crippen molar-refractivity contribution in [2.75, 3.05) is 30.0 Å². The fourth-order valence-corrected chi connectivity index (χ4v) is 1.88. The molecule has 1 saturated heterocycles. The zero-order chi connectivity index (χ0) is 13.8. The lowest BCUT2D eigenvalue weighted by Crippen LogP contribution is -2.42. The second-order valence-electron chi connectivity index (χ2n) is 4.70. The number of nitrogen functional groups attached to an aromatic ring is 1. The predicted molar refractivity (Wildman–Crippen MR) is 71.5 cm³/mol. The first kappa shape index (κ1) is 13.5. The third-order valence-electron chi connectivity index (χ3n) is 2.93. The van der Waals surface area contributed by atoms with E-state index in [4.69, 9.17) is 15.8 Å². The molecule has 1 aromatic heterocycles. The van der Waals surface area contributed by atoms with E-state index < -0.39 is 6.10 Å². The second-order valence-corrected chi connectivity index (χ2v) is 4.70. The monoisotopic (exact) mass is 262 g/mol. The average molecular weight is 262 g/mol. The van der Waals surface area contributed by atoms with Gasteiger partial charge in [0.1, 0.15) is 17.5 Å². The van der Waals surface area contributed by atoms with Gasteiger partial charge in [-0.2, -0.15) is 5.26 Å². The average Bonchev–Trinajstić information content (AvgIpc) is 2.46. The van der Waals surface area contributed by atoms with Crippen molar-refractivity contribution in [2.24, 2.45) is 5.84 Å². The van der Waals surface area contributed by atoms with Crippen LogP contribution in [0.25, 0.3) is 0 Å². The summed E-state index contributed by atoms with van der Waals surface area (Å²) in [5.41, 5.74) is 2.55. The van der Waals surface area contributed by atoms with Crippen LogP contribution >= 0.6 is 0 Å². The number of hydrogen-bond donors (Lipinski definition) is 2. The number of aromatic nitrogens is 2. The third-order valence-corrected chi connectivity index (χ3v) is 2.93. The fraction of sp³-hybridized carbons (Fsp3) is 0.583. The number of rotatable bonds is 3. The first-order chi connectivity index (χ1) is 9.13. The molecule has 19 heavy (non-hydrogen) atoms. The van der Waals surface area contributed by atoms with Gasteiger partial charge in [-0.25, -0.2) is 15.8 Å². The summed E-state index contributed by atoms with van der Waals surface area (Å²) in [5, 5.41) is 8.93. The van der Waals surface area contributed by atoms with Crippen LogP contribution in [-0.2, 0) is 4.74 Å². The first-order valence-corrected chi connectivity index (χ1v) is 6.25. The number of morpholine rings is 1. The SMILES string of the molecule is CC(C)c1nc(NN)cc(N2CCOC(C#N)C2)n1. The van der Waals surface area contributed by atoms with Crippen molar-refractivity contribution in [2.45, 2.75) is 25.9 Å². The molecule has 1 fully saturated rings. The molecule has 0 radical (unpaired) electrons. The lowest BCUT2D eigenvalue weighted by atomic mass is 10.2. The Hall–Kier alpha value is -1.91. The summed E-state index contributed by atoms with van der Waals surface area (Å²) in [5.74, 6) is 7.72. The summed E-state index contributed by atoms with van der Waals surface area (Å²) in [7, 11) is 0. The maximum absolute atomic E-state index is 8.93. The van der Waals surface area contributed by atoms with Crippen molar-refractivity contribution in [3.63, 3.8) is 0 Å². The smallest absolute Gasteiger partial charge is 0.161 e. The van der Waals surface area contributed by atoms with E-state index in [2.05, 4.69) is 21.5 Å². The summed E-state index contributed by atoms with van der Waals surface area (Å²) in [4.78, 5) is 10.9. The number of hydrazine groups is 1. The topological polar surface area (TPSA) is 100 Å². The molecule has 102 valence electrons. The molecule has 0 bridgehead atoms. The minimum Gasteiger partial charge on any atom is -0.360 e. The summed E-state index contributed by atoms with van der Waals surface area (Å²) < 4.78 is 5.33. The molecule has 2 rings (SSSR count). The highest BCUT2D eigenvalue weighted by Crippen LogP contribution is 2.21. The largest absolute Gasteiger partial charge is 0.360 e. The van der Waals surface area contributed by atoms with Crippen molar-refractivity contribution in [3.8, 4) is 6.07 Å². The van der Waals surface area contributed by atoms with Crippen LogP contribution in [0.5, 0.6) is 0 Å². The van der Waals surface area contributed by atoms with Crippen LogP contribution in [0.2, 0.25) is 0 Å². The predicted octanol–water partition coefficient (Wildman–Crippen LogP) is 0.614. The van der Waals surface area contributed by atoms with Crippen molar-refractivity contribution < 1.29 is 4.74 Å². The van der Waals surface area contributed by atoms with Crippen LogP contribution in [0.3, 0.4) is 0 Å². The Bertz CT molecular complexity index is 484. The van der Waals surface area contributed by atoms with E-state index in [0.717, 1.165) is 11.6 Å². The van der Waals surface area contributed by atoms with Crippen LogP contribution in [0.1, 0.15) is 25.6 Å². The fourth-order valence-electron chi connectivity index (χ4n) is 1.88. The maximum atomic E-state index is 8.93. The Kier molecular flexibility index (Phi) is 4.14. The third kappa shape index (κ3) is 3.10. The van der Waals surface area contributed by atoms with Gasteiger partial charge in [-0.1, -0.05) is 13.8 Å². The molecule has 7 nitrogen and oxygen atoms in total. The molecular weight excluding hydrogens is 244 g/mol. The van der Waals surface area contributed by atoms with Crippen LogP contribution in [0.15, 0.2) is 6.07 Å². The normalized spacial score (nSPS) is 19.3. The van der Waals surface area contributed by atoms with Crippen LogP contribution in [0.4, 0.5) is 11.6 Å². The number of hydrogen-bond acceptors (Lipinski definition) is 7. The van der Waals surface area contributed by atoms with Crippen LogP contribution in [0, 0.1) is 11.3 Å². The number of ether oxygens (including phenoxy) is 1. The molecule has 7 heteroatoms. The lowest BCUT2D eigenvalue weighted by Gasteiger charge is -2.31. The van der Waals surface area contributed by atoms with E-state index >= 15 is 0 Å². The van der Waals surface area contributed by atoms with E-state index in [1.807, 2.05) is 18.7 Å². The van der Waals surface area contributed by atoms with E-state index in [1.165, 1.54) is 0 Å². The highest BCUT2D eigenvalue weighted by atomic mass is 16.5. The molecule has 2 heterocycles. The molecule has 0 aliphatic carbocycles. The van der Waals surface area contributed by atoms with Gasteiger partial charge in [-0.15, -0.1) is 0 Å². The molecule has 0 spiro atoms. The molecule has 1 aromatic rings. The molecular formula is C12H18N6O. The van der Waals surface area contributed by atoms with Crippen LogP contribution in [-0.4, -0.2) is 35.8 Å². The van der Waals surface area contributed by atoms with Gasteiger partial charge in [0.05, 0.1) is 19.2 Å². The second kappa shape index (κ2) is 5.82. The quantitative estimate of drug-likeness (QED) is 0.608. The molecule has 3 N–H and O–H groups in total. The van der Waals surface area contributed by atoms with Gasteiger partial charge in [-0.3, -0.25) is 0 Å². The Morgan fingerprint density at radius 1 is 1.58 bits per heavy atom. The number of nitrogens with one attached hydrogen (secondary N) is 1. The zero-order valence-corrected chi connectivity index (χ0v) is 11.1. The van der Waals surface area contributed by atoms with Crippen molar-refractivity contribution >= 4 is 11.6 Å². The van der Waals surface area contributed by atoms with E-state index in [9.17, 15) is 0 Å². The van der Waals surface area contributed by atoms with E-state index in [-0.39, 0.29) is 5.92 Å². The Morgan fingerprint density at radius 3 is 3.00 bits per heavy atom. The number of nitriles is 1. The first-order valence-electron chi connectivity index (χ1n) is 6.25. The maximum Gasteiger partial charge on any atom is 0.161 e. The van der Waals surface area contributed by atoms with Crippen molar-refractivity contribution in [3.05, 3.63) is 11.9 Å². The minimum absolute atomic E-state index is 0.208. The number of anilines is 2. The van der Waals surface area contributed by atoms with Crippen molar-refractivity contribution in [1.82, 2.24) is 9.97 Å². The van der Waals surface area contributed by atoms with Gasteiger partial charge in [0.25, 0.3) is 0 Å². The molecule has 0 saturated carbocycles. The summed E-state index contributed by atoms with van der Waals surface area (Å²) >= 11 is 0. The van der Waals surface area contributed by atoms with Gasteiger partial charge >= 0.3 is 0 Å². The highest BCUT2D eigenvalue weighted by molar-refractivity contribution is 5.49. The van der Waals surface area contributed by atoms with Gasteiger partial charge in [0, 0.05) is 18.5 Å². The van der Waals surface area contributed by atoms with Gasteiger partial charge in [0.2, 0.25) is 0 Å². The Balaban J connectivity index is 2.28. The van der Waals surface area contributed by atoms with E-state index in [1.54, 1.807) is 6.07 Å². The number of nitrogens with zero attached hydrogens (tertiary/aromatic N) is 4. The van der Waals surface area contributed by atoms with E-state index in [0.29, 0.717) is 25.5 Å². The minimum atomic E-state index is -0.416.